The van der Waals surface area contributed by atoms with E-state index >= 15 is 0 Å². The predicted molar refractivity (Wildman–Crippen MR) is 92.6 cm³/mol. The van der Waals surface area contributed by atoms with E-state index in [1.807, 2.05) is 0 Å². The lowest BCUT2D eigenvalue weighted by Gasteiger charge is -2.33. The molecule has 2 atom stereocenters. The van der Waals surface area contributed by atoms with Crippen molar-refractivity contribution in [3.05, 3.63) is 35.6 Å². The first-order chi connectivity index (χ1) is 11.8. The van der Waals surface area contributed by atoms with Crippen LogP contribution < -0.4 is 16.2 Å². The van der Waals surface area contributed by atoms with Crippen LogP contribution in [0.25, 0.3) is 0 Å². The minimum absolute atomic E-state index is 0.105. The highest BCUT2D eigenvalue weighted by Gasteiger charge is 2.35. The average molecular weight is 367 g/mol. The Morgan fingerprint density at radius 3 is 2.96 bits per heavy atom. The zero-order valence-corrected chi connectivity index (χ0v) is 14.5. The molecule has 3 rings (SSSR count). The summed E-state index contributed by atoms with van der Waals surface area (Å²) in [7, 11) is -3.84. The molecule has 3 aliphatic rings. The van der Waals surface area contributed by atoms with Crippen LogP contribution in [0, 0.1) is 5.92 Å². The van der Waals surface area contributed by atoms with Gasteiger partial charge in [0.25, 0.3) is 0 Å². The third-order valence-electron chi connectivity index (χ3n) is 4.44. The SMILES string of the molecule is C=C1C=CC(OCC2CCCN(C(N)=O)C2)=C2C(N)=NS(=O)(=O)NC12. The number of carbonyl (C=O) groups excluding carboxylic acids is 1. The van der Waals surface area contributed by atoms with E-state index in [1.165, 1.54) is 0 Å². The van der Waals surface area contributed by atoms with Crippen molar-refractivity contribution in [2.75, 3.05) is 19.7 Å². The van der Waals surface area contributed by atoms with Crippen molar-refractivity contribution in [1.29, 1.82) is 0 Å². The summed E-state index contributed by atoms with van der Waals surface area (Å²) in [5, 5.41) is 0. The minimum Gasteiger partial charge on any atom is -0.493 e. The third-order valence-corrected chi connectivity index (χ3v) is 5.41. The van der Waals surface area contributed by atoms with Crippen molar-refractivity contribution in [3.63, 3.8) is 0 Å². The number of nitrogens with zero attached hydrogens (tertiary/aromatic N) is 2. The molecule has 9 nitrogen and oxygen atoms in total. The van der Waals surface area contributed by atoms with Gasteiger partial charge in [0.05, 0.1) is 18.2 Å². The van der Waals surface area contributed by atoms with Crippen LogP contribution in [0.2, 0.25) is 0 Å². The summed E-state index contributed by atoms with van der Waals surface area (Å²) in [5.41, 5.74) is 12.2. The molecule has 2 heterocycles. The number of piperidine rings is 1. The molecular formula is C15H21N5O4S. The zero-order valence-electron chi connectivity index (χ0n) is 13.6. The van der Waals surface area contributed by atoms with Crippen LogP contribution >= 0.6 is 0 Å². The van der Waals surface area contributed by atoms with Gasteiger partial charge in [-0.2, -0.15) is 13.1 Å². The highest BCUT2D eigenvalue weighted by molar-refractivity contribution is 7.88. The van der Waals surface area contributed by atoms with Crippen molar-refractivity contribution in [1.82, 2.24) is 9.62 Å². The number of hydrogen-bond donors (Lipinski definition) is 3. The maximum absolute atomic E-state index is 11.7. The molecule has 0 saturated carbocycles. The summed E-state index contributed by atoms with van der Waals surface area (Å²) in [6.07, 6.45) is 5.16. The fraction of sp³-hybridized carbons (Fsp3) is 0.467. The fourth-order valence-corrected chi connectivity index (χ4v) is 4.17. The van der Waals surface area contributed by atoms with Gasteiger partial charge in [-0.25, -0.2) is 4.79 Å². The molecule has 0 aromatic heterocycles. The van der Waals surface area contributed by atoms with Gasteiger partial charge in [-0.05, 0) is 24.5 Å². The Labute approximate surface area is 146 Å². The van der Waals surface area contributed by atoms with Crippen molar-refractivity contribution in [3.8, 4) is 0 Å². The van der Waals surface area contributed by atoms with Crippen LogP contribution in [0.5, 0.6) is 0 Å². The monoisotopic (exact) mass is 367 g/mol. The maximum atomic E-state index is 11.7. The number of ether oxygens (including phenoxy) is 1. The van der Waals surface area contributed by atoms with E-state index in [9.17, 15) is 13.2 Å². The van der Waals surface area contributed by atoms with E-state index in [2.05, 4.69) is 15.7 Å². The topological polar surface area (TPSA) is 140 Å². The summed E-state index contributed by atoms with van der Waals surface area (Å²) in [5.74, 6) is 0.494. The van der Waals surface area contributed by atoms with E-state index < -0.39 is 22.3 Å². The molecule has 2 amide bonds. The van der Waals surface area contributed by atoms with Gasteiger partial charge in [0.1, 0.15) is 11.6 Å². The quantitative estimate of drug-likeness (QED) is 0.631. The van der Waals surface area contributed by atoms with E-state index in [0.29, 0.717) is 36.6 Å². The van der Waals surface area contributed by atoms with E-state index in [0.717, 1.165) is 12.8 Å². The molecule has 0 radical (unpaired) electrons. The molecule has 1 fully saturated rings. The summed E-state index contributed by atoms with van der Waals surface area (Å²) in [4.78, 5) is 12.9. The van der Waals surface area contributed by atoms with Gasteiger partial charge < -0.3 is 21.1 Å². The molecule has 5 N–H and O–H groups in total. The van der Waals surface area contributed by atoms with Crippen molar-refractivity contribution >= 4 is 22.1 Å². The van der Waals surface area contributed by atoms with Crippen LogP contribution in [-0.4, -0.2) is 50.9 Å². The number of hydrogen-bond acceptors (Lipinski definition) is 5. The first-order valence-corrected chi connectivity index (χ1v) is 9.37. The summed E-state index contributed by atoms with van der Waals surface area (Å²) < 4.78 is 35.2. The second-order valence-electron chi connectivity index (χ2n) is 6.29. The number of amidine groups is 1. The van der Waals surface area contributed by atoms with Crippen LogP contribution in [0.1, 0.15) is 12.8 Å². The molecular weight excluding hydrogens is 346 g/mol. The van der Waals surface area contributed by atoms with Gasteiger partial charge in [-0.3, -0.25) is 0 Å². The van der Waals surface area contributed by atoms with Gasteiger partial charge in [-0.15, -0.1) is 4.40 Å². The largest absolute Gasteiger partial charge is 0.493 e. The van der Waals surface area contributed by atoms with E-state index in [-0.39, 0.29) is 11.8 Å². The van der Waals surface area contributed by atoms with Gasteiger partial charge in [0.15, 0.2) is 0 Å². The first-order valence-electron chi connectivity index (χ1n) is 7.93. The number of urea groups is 1. The predicted octanol–water partition coefficient (Wildman–Crippen LogP) is -0.252. The van der Waals surface area contributed by atoms with Gasteiger partial charge in [-0.1, -0.05) is 12.7 Å². The Bertz CT molecular complexity index is 799. The molecule has 1 aliphatic carbocycles. The third kappa shape index (κ3) is 3.69. The number of amides is 2. The van der Waals surface area contributed by atoms with Crippen LogP contribution in [-0.2, 0) is 14.9 Å². The standard InChI is InChI=1S/C15H21N5O4S/c1-9-4-5-11(12-13(9)18-25(22,23)19-14(12)16)24-8-10-3-2-6-20(7-10)15(17)21/h4-5,10,13,18H,1-3,6-8H2,(H2,16,19)(H2,17,21). The van der Waals surface area contributed by atoms with Crippen molar-refractivity contribution in [2.24, 2.45) is 21.8 Å². The maximum Gasteiger partial charge on any atom is 0.322 e. The lowest BCUT2D eigenvalue weighted by molar-refractivity contribution is 0.113. The first kappa shape index (κ1) is 17.5. The molecule has 10 heteroatoms. The summed E-state index contributed by atoms with van der Waals surface area (Å²) >= 11 is 0. The van der Waals surface area contributed by atoms with Crippen LogP contribution in [0.4, 0.5) is 4.79 Å². The lowest BCUT2D eigenvalue weighted by Crippen LogP contribution is -2.47. The summed E-state index contributed by atoms with van der Waals surface area (Å²) in [6.45, 7) is 5.40. The second kappa shape index (κ2) is 6.52. The normalized spacial score (nSPS) is 28.4. The molecule has 0 aromatic rings. The second-order valence-corrected chi connectivity index (χ2v) is 7.66. The van der Waals surface area contributed by atoms with E-state index in [1.54, 1.807) is 17.1 Å². The molecule has 25 heavy (non-hydrogen) atoms. The number of likely N-dealkylation sites (tertiary alicyclic amines) is 1. The number of primary amides is 1. The highest BCUT2D eigenvalue weighted by atomic mass is 32.2. The molecule has 0 aromatic carbocycles. The number of rotatable bonds is 3. The Morgan fingerprint density at radius 2 is 2.24 bits per heavy atom. The molecule has 2 unspecified atom stereocenters. The number of allylic oxidation sites excluding steroid dienone is 1. The molecule has 1 saturated heterocycles. The number of fused-ring (bicyclic) bond motifs is 1. The molecule has 136 valence electrons. The molecule has 0 bridgehead atoms. The van der Waals surface area contributed by atoms with Crippen LogP contribution in [0.3, 0.4) is 0 Å². The van der Waals surface area contributed by atoms with Gasteiger partial charge >= 0.3 is 16.2 Å². The highest BCUT2D eigenvalue weighted by Crippen LogP contribution is 2.28. The van der Waals surface area contributed by atoms with Gasteiger partial charge in [0, 0.05) is 19.0 Å². The Hall–Kier alpha value is -2.33. The van der Waals surface area contributed by atoms with Gasteiger partial charge in [0.2, 0.25) is 0 Å². The molecule has 0 spiro atoms. The summed E-state index contributed by atoms with van der Waals surface area (Å²) in [6, 6.07) is -1.12. The Kier molecular flexibility index (Phi) is 4.56. The van der Waals surface area contributed by atoms with Crippen molar-refractivity contribution < 1.29 is 17.9 Å². The smallest absolute Gasteiger partial charge is 0.322 e. The fourth-order valence-electron chi connectivity index (χ4n) is 3.19. The van der Waals surface area contributed by atoms with Crippen LogP contribution in [0.15, 0.2) is 40.0 Å². The number of nitrogens with one attached hydrogen (secondary N) is 1. The lowest BCUT2D eigenvalue weighted by atomic mass is 9.93. The Balaban J connectivity index is 1.77. The van der Waals surface area contributed by atoms with Crippen molar-refractivity contribution in [2.45, 2.75) is 18.9 Å². The number of nitrogens with two attached hydrogens (primary N) is 2. The zero-order chi connectivity index (χ0) is 18.2. The Morgan fingerprint density at radius 1 is 1.48 bits per heavy atom. The minimum atomic E-state index is -3.84. The van der Waals surface area contributed by atoms with E-state index in [4.69, 9.17) is 16.2 Å². The number of carbonyl (C=O) groups is 1. The average Bonchev–Trinajstić information content (AvgIpc) is 2.54. The molecule has 2 aliphatic heterocycles.